The summed E-state index contributed by atoms with van der Waals surface area (Å²) in [7, 11) is 3.72. The van der Waals surface area contributed by atoms with E-state index in [2.05, 4.69) is 108 Å². The van der Waals surface area contributed by atoms with E-state index >= 15 is 0 Å². The van der Waals surface area contributed by atoms with Gasteiger partial charge < -0.3 is 0 Å². The molecule has 0 saturated carbocycles. The molecule has 2 aromatic carbocycles. The number of hydrogen-bond acceptors (Lipinski definition) is 2. The highest BCUT2D eigenvalue weighted by atomic mass is 14.8. The zero-order chi connectivity index (χ0) is 23.0. The third-order valence-corrected chi connectivity index (χ3v) is 6.02. The molecule has 1 aliphatic carbocycles. The summed E-state index contributed by atoms with van der Waals surface area (Å²) in [5.41, 5.74) is 10.7. The summed E-state index contributed by atoms with van der Waals surface area (Å²) in [6, 6.07) is 17.8. The van der Waals surface area contributed by atoms with Crippen LogP contribution < -0.4 is 0 Å². The van der Waals surface area contributed by atoms with Crippen LogP contribution in [-0.2, 0) is 10.8 Å². The Balaban J connectivity index is 2.11. The molecule has 0 heterocycles. The summed E-state index contributed by atoms with van der Waals surface area (Å²) in [6.45, 7) is 15.6. The van der Waals surface area contributed by atoms with E-state index in [0.29, 0.717) is 0 Å². The van der Waals surface area contributed by atoms with Gasteiger partial charge in [0.1, 0.15) is 0 Å². The van der Waals surface area contributed by atoms with Gasteiger partial charge in [0.05, 0.1) is 11.4 Å². The van der Waals surface area contributed by atoms with E-state index in [0.717, 1.165) is 17.0 Å². The van der Waals surface area contributed by atoms with Gasteiger partial charge in [-0.15, -0.1) is 0 Å². The molecule has 0 amide bonds. The summed E-state index contributed by atoms with van der Waals surface area (Å²) in [4.78, 5) is 9.38. The number of rotatable bonds is 2. The lowest BCUT2D eigenvalue weighted by Gasteiger charge is -2.25. The second-order valence-electron chi connectivity index (χ2n) is 10.4. The van der Waals surface area contributed by atoms with E-state index < -0.39 is 0 Å². The fourth-order valence-corrected chi connectivity index (χ4v) is 4.10. The van der Waals surface area contributed by atoms with E-state index in [4.69, 9.17) is 4.99 Å². The van der Waals surface area contributed by atoms with Crippen molar-refractivity contribution < 1.29 is 0 Å². The average Bonchev–Trinajstić information content (AvgIpc) is 2.71. The third kappa shape index (κ3) is 4.63. The maximum absolute atomic E-state index is 4.70. The molecule has 0 saturated heterocycles. The van der Waals surface area contributed by atoms with E-state index in [1.807, 2.05) is 14.1 Å². The second-order valence-corrected chi connectivity index (χ2v) is 10.4. The van der Waals surface area contributed by atoms with Crippen LogP contribution in [0.2, 0.25) is 0 Å². The Morgan fingerprint density at radius 1 is 0.581 bits per heavy atom. The molecule has 0 bridgehead atoms. The lowest BCUT2D eigenvalue weighted by atomic mass is 9.80. The molecule has 0 radical (unpaired) electrons. The molecule has 0 N–H and O–H groups in total. The van der Waals surface area contributed by atoms with Gasteiger partial charge in [0.2, 0.25) is 0 Å². The highest BCUT2D eigenvalue weighted by molar-refractivity contribution is 6.70. The fourth-order valence-electron chi connectivity index (χ4n) is 4.10. The SMILES string of the molecule is C/N=C1/C(c2ccc(C(C)(C)C)cc2)=CC(C)=C(c2ccc(C(C)(C)C)cc2)/C1=N/C. The van der Waals surface area contributed by atoms with Gasteiger partial charge in [-0.25, -0.2) is 0 Å². The fraction of sp³-hybridized carbons (Fsp3) is 0.379. The molecule has 0 atom stereocenters. The van der Waals surface area contributed by atoms with E-state index in [9.17, 15) is 0 Å². The molecule has 0 aliphatic heterocycles. The molecule has 0 unspecified atom stereocenters. The van der Waals surface area contributed by atoms with Crippen molar-refractivity contribution in [1.29, 1.82) is 0 Å². The lowest BCUT2D eigenvalue weighted by molar-refractivity contribution is 0.590. The molecule has 3 rings (SSSR count). The monoisotopic (exact) mass is 412 g/mol. The van der Waals surface area contributed by atoms with Crippen LogP contribution in [0.15, 0.2) is 70.2 Å². The maximum Gasteiger partial charge on any atom is 0.0910 e. The van der Waals surface area contributed by atoms with Gasteiger partial charge in [-0.05, 0) is 51.7 Å². The van der Waals surface area contributed by atoms with Crippen LogP contribution in [0.1, 0.15) is 70.7 Å². The van der Waals surface area contributed by atoms with Gasteiger partial charge in [0, 0.05) is 25.2 Å². The Kier molecular flexibility index (Phi) is 6.23. The van der Waals surface area contributed by atoms with Crippen LogP contribution in [0.3, 0.4) is 0 Å². The zero-order valence-corrected chi connectivity index (χ0v) is 20.6. The summed E-state index contributed by atoms with van der Waals surface area (Å²) in [6.07, 6.45) is 2.26. The quantitative estimate of drug-likeness (QED) is 0.463. The van der Waals surface area contributed by atoms with Crippen molar-refractivity contribution in [3.8, 4) is 0 Å². The summed E-state index contributed by atoms with van der Waals surface area (Å²) in [5, 5.41) is 0. The maximum atomic E-state index is 4.70. The predicted molar refractivity (Wildman–Crippen MR) is 138 cm³/mol. The van der Waals surface area contributed by atoms with E-state index in [1.165, 1.54) is 33.4 Å². The van der Waals surface area contributed by atoms with Crippen molar-refractivity contribution in [2.24, 2.45) is 9.98 Å². The normalized spacial score (nSPS) is 18.0. The standard InChI is InChI=1S/C29H36N2/c1-19-18-24(20-10-14-22(15-11-20)28(2,3)4)26(30-8)27(31-9)25(19)21-12-16-23(17-13-21)29(5,6)7/h10-18H,1-9H3/b30-26-,31-27-. The molecule has 31 heavy (non-hydrogen) atoms. The first-order valence-corrected chi connectivity index (χ1v) is 11.1. The smallest absolute Gasteiger partial charge is 0.0910 e. The molecule has 1 aliphatic rings. The molecular weight excluding hydrogens is 376 g/mol. The highest BCUT2D eigenvalue weighted by Gasteiger charge is 2.26. The van der Waals surface area contributed by atoms with Crippen molar-refractivity contribution in [2.75, 3.05) is 14.1 Å². The first-order chi connectivity index (χ1) is 14.5. The number of allylic oxidation sites excluding steroid dienone is 4. The number of benzene rings is 2. The lowest BCUT2D eigenvalue weighted by Crippen LogP contribution is -2.23. The van der Waals surface area contributed by atoms with Crippen LogP contribution in [0.4, 0.5) is 0 Å². The molecule has 0 fully saturated rings. The predicted octanol–water partition coefficient (Wildman–Crippen LogP) is 7.29. The first kappa shape index (κ1) is 22.9. The first-order valence-electron chi connectivity index (χ1n) is 11.1. The van der Waals surface area contributed by atoms with Crippen molar-refractivity contribution in [3.63, 3.8) is 0 Å². The van der Waals surface area contributed by atoms with Crippen molar-refractivity contribution >= 4 is 22.6 Å². The van der Waals surface area contributed by atoms with Crippen LogP contribution in [-0.4, -0.2) is 25.5 Å². The molecule has 0 spiro atoms. The topological polar surface area (TPSA) is 24.7 Å². The second kappa shape index (κ2) is 8.42. The molecule has 2 aromatic rings. The van der Waals surface area contributed by atoms with Crippen LogP contribution in [0.25, 0.3) is 11.1 Å². The zero-order valence-electron chi connectivity index (χ0n) is 20.6. The van der Waals surface area contributed by atoms with Gasteiger partial charge in [-0.1, -0.05) is 90.1 Å². The van der Waals surface area contributed by atoms with Gasteiger partial charge in [-0.3, -0.25) is 9.98 Å². The molecule has 2 heteroatoms. The Morgan fingerprint density at radius 2 is 1.00 bits per heavy atom. The average molecular weight is 413 g/mol. The molecule has 0 aromatic heterocycles. The minimum atomic E-state index is 0.137. The Bertz CT molecular complexity index is 1080. The summed E-state index contributed by atoms with van der Waals surface area (Å²) < 4.78 is 0. The van der Waals surface area contributed by atoms with Gasteiger partial charge in [0.25, 0.3) is 0 Å². The minimum absolute atomic E-state index is 0.137. The van der Waals surface area contributed by atoms with Crippen molar-refractivity contribution in [1.82, 2.24) is 0 Å². The Morgan fingerprint density at radius 3 is 1.39 bits per heavy atom. The van der Waals surface area contributed by atoms with E-state index in [1.54, 1.807) is 0 Å². The number of aliphatic imine (C=N–C) groups is 2. The third-order valence-electron chi connectivity index (χ3n) is 6.02. The number of nitrogens with zero attached hydrogens (tertiary/aromatic N) is 2. The molecule has 162 valence electrons. The van der Waals surface area contributed by atoms with Crippen LogP contribution in [0.5, 0.6) is 0 Å². The van der Waals surface area contributed by atoms with Crippen LogP contribution >= 0.6 is 0 Å². The molecule has 2 nitrogen and oxygen atoms in total. The van der Waals surface area contributed by atoms with Crippen molar-refractivity contribution in [3.05, 3.63) is 82.4 Å². The minimum Gasteiger partial charge on any atom is -0.286 e. The Labute approximate surface area is 188 Å². The summed E-state index contributed by atoms with van der Waals surface area (Å²) >= 11 is 0. The Hall–Kier alpha value is -2.74. The van der Waals surface area contributed by atoms with Crippen LogP contribution in [0, 0.1) is 0 Å². The van der Waals surface area contributed by atoms with Gasteiger partial charge in [-0.2, -0.15) is 0 Å². The van der Waals surface area contributed by atoms with Gasteiger partial charge in [0.15, 0.2) is 0 Å². The molecular formula is C29H36N2. The summed E-state index contributed by atoms with van der Waals surface area (Å²) in [5.74, 6) is 0. The largest absolute Gasteiger partial charge is 0.286 e. The number of hydrogen-bond donors (Lipinski definition) is 0. The highest BCUT2D eigenvalue weighted by Crippen LogP contribution is 2.34. The van der Waals surface area contributed by atoms with Gasteiger partial charge >= 0.3 is 0 Å². The van der Waals surface area contributed by atoms with E-state index in [-0.39, 0.29) is 10.8 Å². The van der Waals surface area contributed by atoms with Crippen molar-refractivity contribution in [2.45, 2.75) is 59.3 Å².